The molecule has 10 nitrogen and oxygen atoms in total. The molecule has 0 bridgehead atoms. The van der Waals surface area contributed by atoms with Gasteiger partial charge in [-0.25, -0.2) is 0 Å². The molecule has 26 heavy (non-hydrogen) atoms. The van der Waals surface area contributed by atoms with Gasteiger partial charge in [0, 0.05) is 17.4 Å². The van der Waals surface area contributed by atoms with Gasteiger partial charge in [-0.05, 0) is 29.4 Å². The average molecular weight is 379 g/mol. The van der Waals surface area contributed by atoms with Crippen molar-refractivity contribution in [2.75, 3.05) is 12.9 Å². The molecule has 0 atom stereocenters. The van der Waals surface area contributed by atoms with Crippen molar-refractivity contribution >= 4 is 28.1 Å². The molecule has 2 rings (SSSR count). The van der Waals surface area contributed by atoms with Crippen LogP contribution in [0.15, 0.2) is 52.9 Å². The molecule has 0 fully saturated rings. The first-order valence-electron chi connectivity index (χ1n) is 7.20. The number of benzene rings is 1. The normalized spacial score (nSPS) is 11.3. The molecule has 0 amide bonds. The number of hydrogen-bond donors (Lipinski definition) is 2. The fourth-order valence-electron chi connectivity index (χ4n) is 2.04. The van der Waals surface area contributed by atoms with Crippen molar-refractivity contribution in [3.63, 3.8) is 0 Å². The maximum atomic E-state index is 12.3. The average Bonchev–Trinajstić information content (AvgIpc) is 3.06. The van der Waals surface area contributed by atoms with Gasteiger partial charge in [-0.15, -0.1) is 0 Å². The Hall–Kier alpha value is -3.34. The van der Waals surface area contributed by atoms with Crippen LogP contribution in [0.2, 0.25) is 0 Å². The summed E-state index contributed by atoms with van der Waals surface area (Å²) in [5.41, 5.74) is 11.5. The quantitative estimate of drug-likeness (QED) is 0.287. The lowest BCUT2D eigenvalue weighted by Crippen LogP contribution is -2.25. The minimum Gasteiger partial charge on any atom is -0.399 e. The summed E-state index contributed by atoms with van der Waals surface area (Å²) in [6.45, 7) is 0. The molecule has 0 aliphatic carbocycles. The molecule has 11 heteroatoms. The zero-order valence-electron chi connectivity index (χ0n) is 13.8. The van der Waals surface area contributed by atoms with Crippen LogP contribution in [0, 0.1) is 0 Å². The molecule has 0 radical (unpaired) electrons. The first-order valence-corrected chi connectivity index (χ1v) is 8.78. The minimum absolute atomic E-state index is 0.183. The predicted molar refractivity (Wildman–Crippen MR) is 95.4 cm³/mol. The van der Waals surface area contributed by atoms with E-state index in [1.807, 2.05) is 0 Å². The Morgan fingerprint density at radius 3 is 2.73 bits per heavy atom. The first-order chi connectivity index (χ1) is 12.3. The lowest BCUT2D eigenvalue weighted by molar-refractivity contribution is 0.101. The second kappa shape index (κ2) is 8.16. The molecule has 0 aliphatic rings. The van der Waals surface area contributed by atoms with E-state index < -0.39 is 27.6 Å². The van der Waals surface area contributed by atoms with E-state index in [0.29, 0.717) is 11.4 Å². The summed E-state index contributed by atoms with van der Waals surface area (Å²) >= 11 is 0. The van der Waals surface area contributed by atoms with Crippen LogP contribution in [-0.2, 0) is 19.2 Å². The van der Waals surface area contributed by atoms with Crippen LogP contribution in [0.4, 0.5) is 0 Å². The Morgan fingerprint density at radius 2 is 2.04 bits per heavy atom. The predicted octanol–water partition coefficient (Wildman–Crippen LogP) is 0.175. The first kappa shape index (κ1) is 19.0. The van der Waals surface area contributed by atoms with Crippen molar-refractivity contribution in [3.8, 4) is 5.69 Å². The summed E-state index contributed by atoms with van der Waals surface area (Å²) in [7, 11) is -2.83. The van der Waals surface area contributed by atoms with E-state index in [9.17, 15) is 13.2 Å². The minimum atomic E-state index is -4.25. The van der Waals surface area contributed by atoms with E-state index in [0.717, 1.165) is 0 Å². The second-order valence-corrected chi connectivity index (χ2v) is 6.54. The number of guanidine groups is 1. The third-order valence-corrected chi connectivity index (χ3v) is 4.00. The zero-order valence-corrected chi connectivity index (χ0v) is 14.6. The summed E-state index contributed by atoms with van der Waals surface area (Å²) in [5.74, 6) is -2.14. The molecule has 1 aromatic heterocycles. The summed E-state index contributed by atoms with van der Waals surface area (Å²) in [6, 6.07) is 10.0. The van der Waals surface area contributed by atoms with E-state index in [2.05, 4.69) is 19.4 Å². The maximum absolute atomic E-state index is 12.3. The van der Waals surface area contributed by atoms with Crippen LogP contribution < -0.4 is 11.5 Å². The smallest absolute Gasteiger partial charge is 0.336 e. The van der Waals surface area contributed by atoms with Crippen molar-refractivity contribution in [1.29, 1.82) is 0 Å². The van der Waals surface area contributed by atoms with Crippen LogP contribution in [0.3, 0.4) is 0 Å². The largest absolute Gasteiger partial charge is 0.399 e. The highest BCUT2D eigenvalue weighted by Crippen LogP contribution is 2.15. The summed E-state index contributed by atoms with van der Waals surface area (Å²) in [5, 5.41) is 6.64. The molecule has 0 unspecified atom stereocenters. The Morgan fingerprint density at radius 1 is 1.27 bits per heavy atom. The molecule has 2 aromatic rings. The third-order valence-electron chi connectivity index (χ3n) is 3.08. The molecule has 0 saturated heterocycles. The molecule has 0 saturated carbocycles. The standard InChI is InChI=1S/C15H17N5O5S/c1-24-18-9-13-6-3-7-20(13)12-5-2-4-11(8-12)14(21)10-26(22,23)25-19-15(16)17/h2-9H,10H2,1H3,(H4,16,17,19). The van der Waals surface area contributed by atoms with Crippen molar-refractivity contribution in [1.82, 2.24) is 4.57 Å². The highest BCUT2D eigenvalue weighted by atomic mass is 32.2. The van der Waals surface area contributed by atoms with E-state index >= 15 is 0 Å². The zero-order chi connectivity index (χ0) is 19.2. The molecule has 0 aliphatic heterocycles. The van der Waals surface area contributed by atoms with Crippen LogP contribution in [-0.4, -0.2) is 43.8 Å². The van der Waals surface area contributed by atoms with E-state index in [1.54, 1.807) is 41.1 Å². The summed E-state index contributed by atoms with van der Waals surface area (Å²) in [6.07, 6.45) is 3.27. The second-order valence-electron chi connectivity index (χ2n) is 4.99. The number of Topliss-reactive ketones (excluding diaryl/α,β-unsaturated/α-hetero) is 1. The SMILES string of the molecule is CON=Cc1cccn1-c1cccc(C(=O)CS(=O)(=O)ON=C(N)N)c1. The van der Waals surface area contributed by atoms with Gasteiger partial charge in [0.1, 0.15) is 7.11 Å². The van der Waals surface area contributed by atoms with Gasteiger partial charge in [-0.2, -0.15) is 8.42 Å². The van der Waals surface area contributed by atoms with Crippen LogP contribution in [0.25, 0.3) is 5.69 Å². The van der Waals surface area contributed by atoms with Gasteiger partial charge in [-0.3, -0.25) is 9.08 Å². The monoisotopic (exact) mass is 379 g/mol. The van der Waals surface area contributed by atoms with Gasteiger partial charge in [0.25, 0.3) is 0 Å². The number of rotatable bonds is 8. The van der Waals surface area contributed by atoms with Crippen molar-refractivity contribution in [3.05, 3.63) is 53.9 Å². The van der Waals surface area contributed by atoms with E-state index in [1.165, 1.54) is 19.4 Å². The molecule has 1 heterocycles. The number of hydrogen-bond acceptors (Lipinski definition) is 7. The van der Waals surface area contributed by atoms with Gasteiger partial charge in [0.2, 0.25) is 5.96 Å². The number of aromatic nitrogens is 1. The number of carbonyl (C=O) groups is 1. The maximum Gasteiger partial charge on any atom is 0.336 e. The Kier molecular flexibility index (Phi) is 5.96. The van der Waals surface area contributed by atoms with Crippen LogP contribution in [0.1, 0.15) is 16.1 Å². The lowest BCUT2D eigenvalue weighted by Gasteiger charge is -2.08. The summed E-state index contributed by atoms with van der Waals surface area (Å²) < 4.78 is 29.4. The molecular formula is C15H17N5O5S. The number of ketones is 1. The highest BCUT2D eigenvalue weighted by molar-refractivity contribution is 7.87. The highest BCUT2D eigenvalue weighted by Gasteiger charge is 2.20. The Balaban J connectivity index is 2.24. The number of nitrogens with zero attached hydrogens (tertiary/aromatic N) is 3. The van der Waals surface area contributed by atoms with Gasteiger partial charge < -0.3 is 20.9 Å². The van der Waals surface area contributed by atoms with Gasteiger partial charge in [-0.1, -0.05) is 17.3 Å². The fraction of sp³-hybridized carbons (Fsp3) is 0.133. The molecule has 0 spiro atoms. The third kappa shape index (κ3) is 5.08. The lowest BCUT2D eigenvalue weighted by atomic mass is 10.1. The Labute approximate surface area is 149 Å². The van der Waals surface area contributed by atoms with Crippen molar-refractivity contribution in [2.24, 2.45) is 21.8 Å². The van der Waals surface area contributed by atoms with Gasteiger partial charge >= 0.3 is 10.1 Å². The van der Waals surface area contributed by atoms with Crippen molar-refractivity contribution in [2.45, 2.75) is 0 Å². The van der Waals surface area contributed by atoms with Gasteiger partial charge in [0.05, 0.1) is 11.9 Å². The number of oxime groups is 2. The number of carbonyl (C=O) groups excluding carboxylic acids is 1. The molecule has 1 aromatic carbocycles. The molecule has 4 N–H and O–H groups in total. The van der Waals surface area contributed by atoms with E-state index in [4.69, 9.17) is 11.5 Å². The summed E-state index contributed by atoms with van der Waals surface area (Å²) in [4.78, 5) is 16.9. The van der Waals surface area contributed by atoms with Crippen LogP contribution >= 0.6 is 0 Å². The van der Waals surface area contributed by atoms with E-state index in [-0.39, 0.29) is 5.56 Å². The van der Waals surface area contributed by atoms with Crippen LogP contribution in [0.5, 0.6) is 0 Å². The number of nitrogens with two attached hydrogens (primary N) is 2. The fourth-order valence-corrected chi connectivity index (χ4v) is 2.78. The van der Waals surface area contributed by atoms with Crippen molar-refractivity contribution < 1.29 is 22.3 Å². The molecular weight excluding hydrogens is 362 g/mol. The Bertz CT molecular complexity index is 945. The topological polar surface area (TPSA) is 151 Å². The molecule has 138 valence electrons. The van der Waals surface area contributed by atoms with Gasteiger partial charge in [0.15, 0.2) is 11.5 Å².